The topological polar surface area (TPSA) is 59.1 Å². The highest BCUT2D eigenvalue weighted by molar-refractivity contribution is 7.15. The Bertz CT molecular complexity index is 505. The standard InChI is InChI=1S/C12H14N2OS/c1-7(2)11-10(14-12(13)16-11)8-5-3-4-6-9(8)15/h3-7,15H,1-2H3,(H2,13,14). The van der Waals surface area contributed by atoms with Gasteiger partial charge in [-0.15, -0.1) is 11.3 Å². The normalized spacial score (nSPS) is 10.9. The number of nitrogens with zero attached hydrogens (tertiary/aromatic N) is 1. The molecule has 0 spiro atoms. The predicted octanol–water partition coefficient (Wildman–Crippen LogP) is 3.22. The molecular formula is C12H14N2OS. The molecule has 0 bridgehead atoms. The summed E-state index contributed by atoms with van der Waals surface area (Å²) >= 11 is 1.48. The van der Waals surface area contributed by atoms with Gasteiger partial charge in [-0.3, -0.25) is 0 Å². The number of benzene rings is 1. The first kappa shape index (κ1) is 11.0. The zero-order valence-corrected chi connectivity index (χ0v) is 10.1. The van der Waals surface area contributed by atoms with Crippen molar-refractivity contribution in [1.82, 2.24) is 4.98 Å². The molecule has 0 amide bonds. The molecule has 0 saturated carbocycles. The largest absolute Gasteiger partial charge is 0.507 e. The monoisotopic (exact) mass is 234 g/mol. The Morgan fingerprint density at radius 2 is 2.00 bits per heavy atom. The van der Waals surface area contributed by atoms with Crippen molar-refractivity contribution in [2.24, 2.45) is 0 Å². The summed E-state index contributed by atoms with van der Waals surface area (Å²) < 4.78 is 0. The maximum Gasteiger partial charge on any atom is 0.180 e. The summed E-state index contributed by atoms with van der Waals surface area (Å²) in [6, 6.07) is 7.20. The number of para-hydroxylation sites is 1. The van der Waals surface area contributed by atoms with Crippen LogP contribution in [0.3, 0.4) is 0 Å². The average Bonchev–Trinajstić information content (AvgIpc) is 2.61. The van der Waals surface area contributed by atoms with Crippen molar-refractivity contribution in [2.45, 2.75) is 19.8 Å². The molecule has 0 fully saturated rings. The van der Waals surface area contributed by atoms with Gasteiger partial charge in [0.25, 0.3) is 0 Å². The van der Waals surface area contributed by atoms with E-state index in [0.717, 1.165) is 16.1 Å². The molecule has 4 heteroatoms. The lowest BCUT2D eigenvalue weighted by molar-refractivity contribution is 0.477. The van der Waals surface area contributed by atoms with Crippen LogP contribution in [0.25, 0.3) is 11.3 Å². The molecular weight excluding hydrogens is 220 g/mol. The molecule has 1 aromatic carbocycles. The second kappa shape index (κ2) is 4.14. The summed E-state index contributed by atoms with van der Waals surface area (Å²) in [7, 11) is 0. The first-order chi connectivity index (χ1) is 7.59. The Morgan fingerprint density at radius 1 is 1.31 bits per heavy atom. The lowest BCUT2D eigenvalue weighted by Crippen LogP contribution is -1.88. The summed E-state index contributed by atoms with van der Waals surface area (Å²) in [5.74, 6) is 0.596. The smallest absolute Gasteiger partial charge is 0.180 e. The first-order valence-electron chi connectivity index (χ1n) is 5.14. The van der Waals surface area contributed by atoms with Gasteiger partial charge in [-0.25, -0.2) is 4.98 Å². The Balaban J connectivity index is 2.60. The molecule has 0 radical (unpaired) electrons. The van der Waals surface area contributed by atoms with E-state index in [1.807, 2.05) is 12.1 Å². The molecule has 0 unspecified atom stereocenters. The van der Waals surface area contributed by atoms with Crippen LogP contribution in [0.1, 0.15) is 24.6 Å². The maximum atomic E-state index is 9.80. The van der Waals surface area contributed by atoms with E-state index in [-0.39, 0.29) is 5.75 Å². The third kappa shape index (κ3) is 1.88. The van der Waals surface area contributed by atoms with Crippen LogP contribution in [-0.2, 0) is 0 Å². The molecule has 0 aliphatic carbocycles. The highest BCUT2D eigenvalue weighted by Gasteiger charge is 2.16. The van der Waals surface area contributed by atoms with Crippen LogP contribution in [0, 0.1) is 0 Å². The van der Waals surface area contributed by atoms with E-state index in [1.54, 1.807) is 12.1 Å². The number of phenols is 1. The minimum absolute atomic E-state index is 0.245. The van der Waals surface area contributed by atoms with Gasteiger partial charge >= 0.3 is 0 Å². The fourth-order valence-electron chi connectivity index (χ4n) is 1.61. The van der Waals surface area contributed by atoms with Crippen LogP contribution < -0.4 is 5.73 Å². The van der Waals surface area contributed by atoms with Gasteiger partial charge in [0.2, 0.25) is 0 Å². The Morgan fingerprint density at radius 3 is 2.62 bits per heavy atom. The molecule has 3 N–H and O–H groups in total. The zero-order chi connectivity index (χ0) is 11.7. The molecule has 84 valence electrons. The molecule has 2 aromatic rings. The van der Waals surface area contributed by atoms with Crippen LogP contribution in [0.2, 0.25) is 0 Å². The van der Waals surface area contributed by atoms with Crippen molar-refractivity contribution >= 4 is 16.5 Å². The van der Waals surface area contributed by atoms with Gasteiger partial charge < -0.3 is 10.8 Å². The number of thiazole rings is 1. The Labute approximate surface area is 98.6 Å². The molecule has 0 aliphatic rings. The molecule has 2 rings (SSSR count). The number of hydrogen-bond donors (Lipinski definition) is 2. The second-order valence-corrected chi connectivity index (χ2v) is 5.00. The molecule has 0 atom stereocenters. The highest BCUT2D eigenvalue weighted by Crippen LogP contribution is 2.38. The fraction of sp³-hybridized carbons (Fsp3) is 0.250. The summed E-state index contributed by atoms with van der Waals surface area (Å²) in [6.07, 6.45) is 0. The van der Waals surface area contributed by atoms with E-state index in [1.165, 1.54) is 11.3 Å². The molecule has 0 aliphatic heterocycles. The molecule has 0 saturated heterocycles. The van der Waals surface area contributed by atoms with Gasteiger partial charge in [0.05, 0.1) is 5.69 Å². The lowest BCUT2D eigenvalue weighted by atomic mass is 10.0. The third-order valence-electron chi connectivity index (χ3n) is 2.35. The molecule has 16 heavy (non-hydrogen) atoms. The number of rotatable bonds is 2. The highest BCUT2D eigenvalue weighted by atomic mass is 32.1. The number of aromatic nitrogens is 1. The number of hydrogen-bond acceptors (Lipinski definition) is 4. The van der Waals surface area contributed by atoms with Crippen molar-refractivity contribution in [2.75, 3.05) is 5.73 Å². The van der Waals surface area contributed by atoms with Crippen molar-refractivity contribution in [3.63, 3.8) is 0 Å². The maximum absolute atomic E-state index is 9.80. The fourth-order valence-corrected chi connectivity index (χ4v) is 2.46. The summed E-state index contributed by atoms with van der Waals surface area (Å²) in [5, 5.41) is 10.3. The molecule has 1 heterocycles. The Hall–Kier alpha value is -1.55. The van der Waals surface area contributed by atoms with Gasteiger partial charge in [-0.2, -0.15) is 0 Å². The number of phenolic OH excluding ortho intramolecular Hbond substituents is 1. The van der Waals surface area contributed by atoms with E-state index in [9.17, 15) is 5.11 Å². The van der Waals surface area contributed by atoms with Gasteiger partial charge in [0, 0.05) is 10.4 Å². The van der Waals surface area contributed by atoms with Gasteiger partial charge in [0.15, 0.2) is 5.13 Å². The van der Waals surface area contributed by atoms with Crippen molar-refractivity contribution in [3.05, 3.63) is 29.1 Å². The summed E-state index contributed by atoms with van der Waals surface area (Å²) in [5.41, 5.74) is 7.28. The number of nitrogen functional groups attached to an aromatic ring is 1. The van der Waals surface area contributed by atoms with Crippen molar-refractivity contribution in [3.8, 4) is 17.0 Å². The van der Waals surface area contributed by atoms with E-state index in [0.29, 0.717) is 11.0 Å². The number of nitrogens with two attached hydrogens (primary N) is 1. The lowest BCUT2D eigenvalue weighted by Gasteiger charge is -2.06. The van der Waals surface area contributed by atoms with Gasteiger partial charge in [0.1, 0.15) is 5.75 Å². The minimum Gasteiger partial charge on any atom is -0.507 e. The quantitative estimate of drug-likeness (QED) is 0.838. The van der Waals surface area contributed by atoms with E-state index >= 15 is 0 Å². The van der Waals surface area contributed by atoms with Crippen molar-refractivity contribution in [1.29, 1.82) is 0 Å². The average molecular weight is 234 g/mol. The third-order valence-corrected chi connectivity index (χ3v) is 3.54. The first-order valence-corrected chi connectivity index (χ1v) is 5.95. The van der Waals surface area contributed by atoms with Crippen molar-refractivity contribution < 1.29 is 5.11 Å². The zero-order valence-electron chi connectivity index (χ0n) is 9.27. The molecule has 3 nitrogen and oxygen atoms in total. The van der Waals surface area contributed by atoms with E-state index in [4.69, 9.17) is 5.73 Å². The van der Waals surface area contributed by atoms with Crippen LogP contribution in [0.15, 0.2) is 24.3 Å². The van der Waals surface area contributed by atoms with Crippen LogP contribution in [0.4, 0.5) is 5.13 Å². The summed E-state index contributed by atoms with van der Waals surface area (Å²) in [4.78, 5) is 5.41. The number of aromatic hydroxyl groups is 1. The van der Waals surface area contributed by atoms with Crippen LogP contribution in [-0.4, -0.2) is 10.1 Å². The SMILES string of the molecule is CC(C)c1sc(N)nc1-c1ccccc1O. The molecule has 1 aromatic heterocycles. The predicted molar refractivity (Wildman–Crippen MR) is 67.7 cm³/mol. The minimum atomic E-state index is 0.245. The van der Waals surface area contributed by atoms with E-state index < -0.39 is 0 Å². The second-order valence-electron chi connectivity index (χ2n) is 3.94. The number of anilines is 1. The van der Waals surface area contributed by atoms with Gasteiger partial charge in [-0.1, -0.05) is 26.0 Å². The Kier molecular flexibility index (Phi) is 2.83. The van der Waals surface area contributed by atoms with Crippen LogP contribution >= 0.6 is 11.3 Å². The van der Waals surface area contributed by atoms with Gasteiger partial charge in [-0.05, 0) is 18.1 Å². The summed E-state index contributed by atoms with van der Waals surface area (Å²) in [6.45, 7) is 4.19. The van der Waals surface area contributed by atoms with Crippen LogP contribution in [0.5, 0.6) is 5.75 Å². The van der Waals surface area contributed by atoms with E-state index in [2.05, 4.69) is 18.8 Å².